The van der Waals surface area contributed by atoms with Crippen LogP contribution in [0.5, 0.6) is 5.75 Å². The molecule has 40 heavy (non-hydrogen) atoms. The van der Waals surface area contributed by atoms with E-state index in [9.17, 15) is 19.8 Å². The number of amides is 1. The maximum absolute atomic E-state index is 12.6. The predicted octanol–water partition coefficient (Wildman–Crippen LogP) is 4.45. The molecule has 1 amide bonds. The molecule has 5 rings (SSSR count). The Balaban J connectivity index is 1.19. The van der Waals surface area contributed by atoms with E-state index < -0.39 is 23.5 Å². The second kappa shape index (κ2) is 10.7. The van der Waals surface area contributed by atoms with Crippen molar-refractivity contribution >= 4 is 17.6 Å². The summed E-state index contributed by atoms with van der Waals surface area (Å²) in [5.41, 5.74) is 2.20. The molecule has 0 spiro atoms. The van der Waals surface area contributed by atoms with Crippen LogP contribution in [0.1, 0.15) is 64.9 Å². The highest BCUT2D eigenvalue weighted by molar-refractivity contribution is 6.05. The van der Waals surface area contributed by atoms with E-state index in [0.29, 0.717) is 23.5 Å². The predicted molar refractivity (Wildman–Crippen MR) is 151 cm³/mol. The van der Waals surface area contributed by atoms with Gasteiger partial charge in [0.1, 0.15) is 17.5 Å². The average Bonchev–Trinajstić information content (AvgIpc) is 3.17. The highest BCUT2D eigenvalue weighted by Crippen LogP contribution is 2.66. The molecule has 8 heteroatoms. The summed E-state index contributed by atoms with van der Waals surface area (Å²) in [6, 6.07) is 5.55. The smallest absolute Gasteiger partial charge is 0.328 e. The van der Waals surface area contributed by atoms with Gasteiger partial charge in [-0.05, 0) is 98.5 Å². The number of nitrogens with one attached hydrogen (secondary N) is 1. The number of benzene rings is 1. The van der Waals surface area contributed by atoms with Gasteiger partial charge in [-0.15, -0.1) is 0 Å². The third-order valence-corrected chi connectivity index (χ3v) is 10.7. The van der Waals surface area contributed by atoms with E-state index in [4.69, 9.17) is 9.57 Å². The lowest BCUT2D eigenvalue weighted by Crippen LogP contribution is -2.53. The van der Waals surface area contributed by atoms with Crippen LogP contribution in [-0.2, 0) is 25.6 Å². The molecule has 8 nitrogen and oxygen atoms in total. The first-order valence-corrected chi connectivity index (χ1v) is 14.4. The Morgan fingerprint density at radius 2 is 1.82 bits per heavy atom. The molecule has 0 bridgehead atoms. The van der Waals surface area contributed by atoms with E-state index in [0.717, 1.165) is 44.1 Å². The van der Waals surface area contributed by atoms with Gasteiger partial charge in [0.15, 0.2) is 6.61 Å². The normalized spacial score (nSPS) is 36.1. The maximum Gasteiger partial charge on any atom is 0.328 e. The number of phenolic OH excluding ortho intramolecular Hbond substituents is 1. The van der Waals surface area contributed by atoms with Crippen LogP contribution < -0.4 is 5.32 Å². The minimum atomic E-state index is -0.883. The minimum Gasteiger partial charge on any atom is -0.508 e. The molecular weight excluding hydrogens is 508 g/mol. The van der Waals surface area contributed by atoms with Crippen molar-refractivity contribution in [3.05, 3.63) is 53.6 Å². The van der Waals surface area contributed by atoms with Gasteiger partial charge in [-0.2, -0.15) is 0 Å². The van der Waals surface area contributed by atoms with Crippen LogP contribution in [-0.4, -0.2) is 53.2 Å². The molecule has 0 aliphatic heterocycles. The summed E-state index contributed by atoms with van der Waals surface area (Å²) in [7, 11) is 1.27. The van der Waals surface area contributed by atoms with Gasteiger partial charge >= 0.3 is 5.97 Å². The van der Waals surface area contributed by atoms with Crippen molar-refractivity contribution in [1.29, 1.82) is 0 Å². The van der Waals surface area contributed by atoms with E-state index in [1.165, 1.54) is 24.8 Å². The quantitative estimate of drug-likeness (QED) is 0.341. The lowest BCUT2D eigenvalue weighted by atomic mass is 9.47. The van der Waals surface area contributed by atoms with E-state index in [2.05, 4.69) is 36.5 Å². The lowest BCUT2D eigenvalue weighted by Gasteiger charge is -2.58. The summed E-state index contributed by atoms with van der Waals surface area (Å²) in [5.74, 6) is 0.809. The van der Waals surface area contributed by atoms with Gasteiger partial charge in [-0.25, -0.2) is 4.79 Å². The largest absolute Gasteiger partial charge is 0.508 e. The first-order valence-electron chi connectivity index (χ1n) is 14.4. The van der Waals surface area contributed by atoms with Gasteiger partial charge in [-0.3, -0.25) is 4.79 Å². The Labute approximate surface area is 236 Å². The van der Waals surface area contributed by atoms with Gasteiger partial charge in [0.2, 0.25) is 0 Å². The number of esters is 1. The topological polar surface area (TPSA) is 117 Å². The third kappa shape index (κ3) is 5.06. The van der Waals surface area contributed by atoms with Crippen molar-refractivity contribution in [2.24, 2.45) is 33.7 Å². The second-order valence-corrected chi connectivity index (χ2v) is 12.8. The number of carbonyl (C=O) groups excluding carboxylic acids is 2. The van der Waals surface area contributed by atoms with Crippen LogP contribution in [0, 0.1) is 28.6 Å². The minimum absolute atomic E-state index is 0.00207. The van der Waals surface area contributed by atoms with Crippen LogP contribution in [0.25, 0.3) is 0 Å². The SMILES string of the molecule is COC(=O)[C@@H](Cc1ccc(O)cc1)NC(=O)CO/N=C1\C=C[C@@]2(C)C(=C1)CC[C@@H]1[C@@H]2CC[C@@]2(C)[C@H]1CC[C@]2(C)O. The highest BCUT2D eigenvalue weighted by atomic mass is 16.6. The molecule has 0 radical (unpaired) electrons. The van der Waals surface area contributed by atoms with E-state index in [1.54, 1.807) is 12.1 Å². The Kier molecular flexibility index (Phi) is 7.59. The zero-order chi connectivity index (χ0) is 28.7. The number of oxime groups is 1. The molecule has 3 saturated carbocycles. The van der Waals surface area contributed by atoms with E-state index >= 15 is 0 Å². The van der Waals surface area contributed by atoms with Crippen LogP contribution >= 0.6 is 0 Å². The molecule has 0 saturated heterocycles. The lowest BCUT2D eigenvalue weighted by molar-refractivity contribution is -0.145. The van der Waals surface area contributed by atoms with Crippen molar-refractivity contribution in [2.45, 2.75) is 77.4 Å². The number of fused-ring (bicyclic) bond motifs is 5. The van der Waals surface area contributed by atoms with Crippen molar-refractivity contribution < 1.29 is 29.4 Å². The second-order valence-electron chi connectivity index (χ2n) is 12.8. The molecule has 4 aliphatic rings. The van der Waals surface area contributed by atoms with E-state index in [1.807, 2.05) is 13.0 Å². The van der Waals surface area contributed by atoms with Crippen molar-refractivity contribution in [3.63, 3.8) is 0 Å². The van der Waals surface area contributed by atoms with Crippen molar-refractivity contribution in [1.82, 2.24) is 5.32 Å². The van der Waals surface area contributed by atoms with E-state index in [-0.39, 0.29) is 29.6 Å². The number of methoxy groups -OCH3 is 1. The number of carbonyl (C=O) groups is 2. The number of hydrogen-bond acceptors (Lipinski definition) is 7. The molecule has 216 valence electrons. The highest BCUT2D eigenvalue weighted by Gasteiger charge is 2.62. The van der Waals surface area contributed by atoms with Gasteiger partial charge in [0.25, 0.3) is 5.91 Å². The van der Waals surface area contributed by atoms with Crippen molar-refractivity contribution in [2.75, 3.05) is 13.7 Å². The zero-order valence-electron chi connectivity index (χ0n) is 24.0. The average molecular weight is 551 g/mol. The summed E-state index contributed by atoms with van der Waals surface area (Å²) in [4.78, 5) is 30.2. The van der Waals surface area contributed by atoms with Crippen LogP contribution in [0.3, 0.4) is 0 Å². The van der Waals surface area contributed by atoms with Crippen LogP contribution in [0.4, 0.5) is 0 Å². The number of allylic oxidation sites excluding steroid dienone is 4. The summed E-state index contributed by atoms with van der Waals surface area (Å²) >= 11 is 0. The maximum atomic E-state index is 12.6. The fourth-order valence-electron chi connectivity index (χ4n) is 8.11. The number of phenols is 1. The summed E-state index contributed by atoms with van der Waals surface area (Å²) in [5, 5.41) is 27.5. The fraction of sp³-hybridized carbons (Fsp3) is 0.594. The molecule has 0 heterocycles. The van der Waals surface area contributed by atoms with Gasteiger partial charge in [0.05, 0.1) is 12.7 Å². The number of aromatic hydroxyl groups is 1. The van der Waals surface area contributed by atoms with Gasteiger partial charge < -0.3 is 25.1 Å². The molecule has 0 aromatic heterocycles. The van der Waals surface area contributed by atoms with Crippen molar-refractivity contribution in [3.8, 4) is 5.75 Å². The summed E-state index contributed by atoms with van der Waals surface area (Å²) in [6.45, 7) is 6.36. The number of aliphatic hydroxyl groups is 1. The fourth-order valence-corrected chi connectivity index (χ4v) is 8.11. The molecule has 1 aromatic carbocycles. The molecule has 3 N–H and O–H groups in total. The molecule has 0 unspecified atom stereocenters. The standard InChI is InChI=1S/C32H42N2O6/c1-30-14-11-22(18-21(30)7-10-24-25(30)12-15-31(2)26(24)13-16-32(31,3)38)34-40-19-28(36)33-27(29(37)39-4)17-20-5-8-23(35)9-6-20/h5-6,8-9,11,14,18,24-27,35,38H,7,10,12-13,15-17,19H2,1-4H3,(H,33,36)/b34-22+/t24-,25+,26+,27-,30+,31+,32+/m1/s1. The summed E-state index contributed by atoms with van der Waals surface area (Å²) in [6.07, 6.45) is 12.9. The zero-order valence-corrected chi connectivity index (χ0v) is 24.0. The third-order valence-electron chi connectivity index (χ3n) is 10.7. The molecular formula is C32H42N2O6. The Morgan fingerprint density at radius 1 is 1.10 bits per heavy atom. The molecule has 1 aromatic rings. The Bertz CT molecular complexity index is 1230. The molecule has 7 atom stereocenters. The Morgan fingerprint density at radius 3 is 2.55 bits per heavy atom. The number of ether oxygens (including phenoxy) is 1. The Hall–Kier alpha value is -3.13. The monoisotopic (exact) mass is 550 g/mol. The molecule has 4 aliphatic carbocycles. The molecule has 3 fully saturated rings. The first-order chi connectivity index (χ1) is 19.0. The number of hydrogen-bond donors (Lipinski definition) is 3. The number of rotatable bonds is 7. The van der Waals surface area contributed by atoms with Crippen LogP contribution in [0.15, 0.2) is 53.2 Å². The van der Waals surface area contributed by atoms with Gasteiger partial charge in [-0.1, -0.05) is 42.8 Å². The number of nitrogens with zero attached hydrogens (tertiary/aromatic N) is 1. The summed E-state index contributed by atoms with van der Waals surface area (Å²) < 4.78 is 4.84. The first kappa shape index (κ1) is 28.4. The van der Waals surface area contributed by atoms with Gasteiger partial charge in [0, 0.05) is 11.8 Å². The van der Waals surface area contributed by atoms with Crippen LogP contribution in [0.2, 0.25) is 0 Å².